The Morgan fingerprint density at radius 2 is 2.04 bits per heavy atom. The van der Waals surface area contributed by atoms with Gasteiger partial charge in [0.05, 0.1) is 11.9 Å². The molecule has 1 aliphatic heterocycles. The molecule has 6 heteroatoms. The lowest BCUT2D eigenvalue weighted by molar-refractivity contribution is -0.136. The molecule has 6 nitrogen and oxygen atoms in total. The Morgan fingerprint density at radius 3 is 2.80 bits per heavy atom. The number of carbonyl (C=O) groups excluding carboxylic acids is 2. The fraction of sp³-hybridized carbons (Fsp3) is 0.316. The summed E-state index contributed by atoms with van der Waals surface area (Å²) in [4.78, 5) is 27.9. The van der Waals surface area contributed by atoms with Crippen molar-refractivity contribution in [3.05, 3.63) is 54.4 Å². The molecule has 1 aromatic heterocycles. The highest BCUT2D eigenvalue weighted by Crippen LogP contribution is 2.10. The molecular weight excluding hydrogens is 316 g/mol. The first-order valence-electron chi connectivity index (χ1n) is 8.52. The average Bonchev–Trinajstić information content (AvgIpc) is 3.03. The molecule has 2 amide bonds. The Kier molecular flexibility index (Phi) is 5.28. The summed E-state index contributed by atoms with van der Waals surface area (Å²) in [5, 5.41) is 4.30. The van der Waals surface area contributed by atoms with Crippen molar-refractivity contribution in [1.82, 2.24) is 19.6 Å². The molecule has 1 aliphatic rings. The number of carbonyl (C=O) groups is 2. The number of hydrogen-bond donors (Lipinski definition) is 0. The van der Waals surface area contributed by atoms with Gasteiger partial charge in [-0.2, -0.15) is 5.10 Å². The van der Waals surface area contributed by atoms with Crippen molar-refractivity contribution in [2.45, 2.75) is 13.3 Å². The number of amides is 2. The number of nitrogens with zero attached hydrogens (tertiary/aromatic N) is 4. The third kappa shape index (κ3) is 4.15. The zero-order valence-corrected chi connectivity index (χ0v) is 14.3. The van der Waals surface area contributed by atoms with Gasteiger partial charge in [0.25, 0.3) is 0 Å². The molecule has 130 valence electrons. The number of rotatable bonds is 4. The second kappa shape index (κ2) is 7.79. The number of para-hydroxylation sites is 1. The predicted molar refractivity (Wildman–Crippen MR) is 96.0 cm³/mol. The van der Waals surface area contributed by atoms with Crippen molar-refractivity contribution >= 4 is 17.9 Å². The second-order valence-corrected chi connectivity index (χ2v) is 5.97. The van der Waals surface area contributed by atoms with E-state index in [0.717, 1.165) is 17.7 Å². The van der Waals surface area contributed by atoms with E-state index in [9.17, 15) is 9.59 Å². The van der Waals surface area contributed by atoms with Gasteiger partial charge < -0.3 is 9.80 Å². The van der Waals surface area contributed by atoms with E-state index in [1.807, 2.05) is 43.5 Å². The Labute approximate surface area is 147 Å². The Morgan fingerprint density at radius 1 is 1.24 bits per heavy atom. The maximum absolute atomic E-state index is 12.4. The summed E-state index contributed by atoms with van der Waals surface area (Å²) < 4.78 is 1.76. The van der Waals surface area contributed by atoms with Crippen LogP contribution >= 0.6 is 0 Å². The molecule has 1 fully saturated rings. The van der Waals surface area contributed by atoms with Crippen molar-refractivity contribution in [2.75, 3.05) is 26.2 Å². The smallest absolute Gasteiger partial charge is 0.247 e. The van der Waals surface area contributed by atoms with E-state index in [-0.39, 0.29) is 18.4 Å². The van der Waals surface area contributed by atoms with Gasteiger partial charge in [0.1, 0.15) is 6.54 Å². The zero-order chi connectivity index (χ0) is 17.6. The molecule has 2 heterocycles. The molecule has 3 rings (SSSR count). The van der Waals surface area contributed by atoms with Gasteiger partial charge in [0.15, 0.2) is 0 Å². The second-order valence-electron chi connectivity index (χ2n) is 5.97. The molecule has 0 bridgehead atoms. The van der Waals surface area contributed by atoms with Crippen LogP contribution in [0.5, 0.6) is 0 Å². The van der Waals surface area contributed by atoms with E-state index in [4.69, 9.17) is 0 Å². The minimum absolute atomic E-state index is 0.0126. The molecule has 0 saturated carbocycles. The van der Waals surface area contributed by atoms with Gasteiger partial charge in [-0.05, 0) is 31.6 Å². The van der Waals surface area contributed by atoms with Crippen molar-refractivity contribution in [1.29, 1.82) is 0 Å². The summed E-state index contributed by atoms with van der Waals surface area (Å²) in [7, 11) is 0. The van der Waals surface area contributed by atoms with E-state index in [1.165, 1.54) is 6.08 Å². The Hall–Kier alpha value is -2.89. The number of likely N-dealkylation sites (N-methyl/N-ethyl adjacent to an activating group) is 1. The number of hydrogen-bond acceptors (Lipinski definition) is 3. The topological polar surface area (TPSA) is 58.4 Å². The molecule has 0 unspecified atom stereocenters. The maximum Gasteiger partial charge on any atom is 0.247 e. The fourth-order valence-corrected chi connectivity index (χ4v) is 2.86. The summed E-state index contributed by atoms with van der Waals surface area (Å²) >= 11 is 0. The van der Waals surface area contributed by atoms with Crippen LogP contribution in [0.1, 0.15) is 18.9 Å². The maximum atomic E-state index is 12.4. The van der Waals surface area contributed by atoms with Gasteiger partial charge in [0.2, 0.25) is 11.8 Å². The standard InChI is InChI=1S/C19H22N4O2/c1-2-21-11-6-12-22(15-19(21)25)18(24)10-9-16-13-20-23(14-16)17-7-4-3-5-8-17/h3-5,7-10,13-14H,2,6,11-12,15H2,1H3/b10-9+. The van der Waals surface area contributed by atoms with Gasteiger partial charge in [-0.3, -0.25) is 9.59 Å². The average molecular weight is 338 g/mol. The van der Waals surface area contributed by atoms with Crippen molar-refractivity contribution in [3.63, 3.8) is 0 Å². The SMILES string of the molecule is CCN1CCCN(C(=O)/C=C/c2cnn(-c3ccccc3)c2)CC1=O. The van der Waals surface area contributed by atoms with Crippen LogP contribution in [0.3, 0.4) is 0 Å². The Balaban J connectivity index is 1.65. The first-order valence-corrected chi connectivity index (χ1v) is 8.52. The highest BCUT2D eigenvalue weighted by molar-refractivity contribution is 5.94. The van der Waals surface area contributed by atoms with Gasteiger partial charge in [0, 0.05) is 37.5 Å². The first-order chi connectivity index (χ1) is 12.2. The highest BCUT2D eigenvalue weighted by Gasteiger charge is 2.22. The van der Waals surface area contributed by atoms with E-state index < -0.39 is 0 Å². The lowest BCUT2D eigenvalue weighted by Crippen LogP contribution is -2.38. The predicted octanol–water partition coefficient (Wildman–Crippen LogP) is 1.97. The zero-order valence-electron chi connectivity index (χ0n) is 14.3. The molecule has 0 spiro atoms. The van der Waals surface area contributed by atoms with Crippen LogP contribution in [-0.4, -0.2) is 57.6 Å². The van der Waals surface area contributed by atoms with Crippen molar-refractivity contribution < 1.29 is 9.59 Å². The van der Waals surface area contributed by atoms with Crippen LogP contribution < -0.4 is 0 Å². The van der Waals surface area contributed by atoms with Crippen LogP contribution in [0.25, 0.3) is 11.8 Å². The van der Waals surface area contributed by atoms with Gasteiger partial charge in [-0.25, -0.2) is 4.68 Å². The van der Waals surface area contributed by atoms with E-state index >= 15 is 0 Å². The fourth-order valence-electron chi connectivity index (χ4n) is 2.86. The summed E-state index contributed by atoms with van der Waals surface area (Å²) in [6.45, 7) is 4.12. The van der Waals surface area contributed by atoms with Crippen molar-refractivity contribution in [3.8, 4) is 5.69 Å². The molecule has 2 aromatic rings. The van der Waals surface area contributed by atoms with Crippen LogP contribution in [0, 0.1) is 0 Å². The van der Waals surface area contributed by atoms with E-state index in [2.05, 4.69) is 5.10 Å². The van der Waals surface area contributed by atoms with Gasteiger partial charge in [-0.15, -0.1) is 0 Å². The summed E-state index contributed by atoms with van der Waals surface area (Å²) in [5.41, 5.74) is 1.81. The number of benzene rings is 1. The molecule has 1 saturated heterocycles. The van der Waals surface area contributed by atoms with E-state index in [1.54, 1.807) is 26.8 Å². The normalized spacial score (nSPS) is 15.6. The summed E-state index contributed by atoms with van der Waals surface area (Å²) in [5.74, 6) is -0.127. The lowest BCUT2D eigenvalue weighted by Gasteiger charge is -2.19. The quantitative estimate of drug-likeness (QED) is 0.801. The lowest BCUT2D eigenvalue weighted by atomic mass is 10.3. The molecule has 0 aliphatic carbocycles. The molecule has 25 heavy (non-hydrogen) atoms. The molecule has 0 N–H and O–H groups in total. The van der Waals surface area contributed by atoms with Gasteiger partial charge in [-0.1, -0.05) is 18.2 Å². The summed E-state index contributed by atoms with van der Waals surface area (Å²) in [6, 6.07) is 9.79. The van der Waals surface area contributed by atoms with Gasteiger partial charge >= 0.3 is 0 Å². The third-order valence-corrected chi connectivity index (χ3v) is 4.27. The first kappa shape index (κ1) is 17.0. The minimum atomic E-state index is -0.140. The van der Waals surface area contributed by atoms with Crippen molar-refractivity contribution in [2.24, 2.45) is 0 Å². The van der Waals surface area contributed by atoms with Crippen LogP contribution in [0.4, 0.5) is 0 Å². The van der Waals surface area contributed by atoms with Crippen LogP contribution in [0.2, 0.25) is 0 Å². The highest BCUT2D eigenvalue weighted by atomic mass is 16.2. The molecule has 1 aromatic carbocycles. The van der Waals surface area contributed by atoms with Crippen LogP contribution in [0.15, 0.2) is 48.8 Å². The third-order valence-electron chi connectivity index (χ3n) is 4.27. The molecule has 0 radical (unpaired) electrons. The van der Waals surface area contributed by atoms with Crippen LogP contribution in [-0.2, 0) is 9.59 Å². The monoisotopic (exact) mass is 338 g/mol. The largest absolute Gasteiger partial charge is 0.341 e. The minimum Gasteiger partial charge on any atom is -0.341 e. The number of aromatic nitrogens is 2. The van der Waals surface area contributed by atoms with E-state index in [0.29, 0.717) is 19.6 Å². The Bertz CT molecular complexity index is 767. The molecule has 0 atom stereocenters. The summed E-state index contributed by atoms with van der Waals surface area (Å²) in [6.07, 6.45) is 7.64. The molecular formula is C19H22N4O2.